The van der Waals surface area contributed by atoms with E-state index in [2.05, 4.69) is 5.32 Å². The van der Waals surface area contributed by atoms with Crippen LogP contribution in [0.2, 0.25) is 0 Å². The topological polar surface area (TPSA) is 105 Å². The van der Waals surface area contributed by atoms with Crippen LogP contribution in [0.5, 0.6) is 11.5 Å². The second-order valence-corrected chi connectivity index (χ2v) is 10.9. The highest BCUT2D eigenvalue weighted by atomic mass is 32.2. The van der Waals surface area contributed by atoms with Gasteiger partial charge in [-0.25, -0.2) is 8.42 Å². The fraction of sp³-hybridized carbons (Fsp3) is 0.310. The minimum atomic E-state index is -3.82. The van der Waals surface area contributed by atoms with Gasteiger partial charge in [-0.3, -0.25) is 13.9 Å². The van der Waals surface area contributed by atoms with Gasteiger partial charge in [0.15, 0.2) is 0 Å². The lowest BCUT2D eigenvalue weighted by molar-refractivity contribution is -0.139. The summed E-state index contributed by atoms with van der Waals surface area (Å²) in [6, 6.07) is 22.5. The number of nitrogens with one attached hydrogen (secondary N) is 1. The molecule has 0 saturated carbocycles. The van der Waals surface area contributed by atoms with Gasteiger partial charge in [-0.2, -0.15) is 0 Å². The largest absolute Gasteiger partial charge is 0.497 e. The predicted octanol–water partition coefficient (Wildman–Crippen LogP) is 3.59. The molecule has 1 unspecified atom stereocenters. The second kappa shape index (κ2) is 13.7. The third kappa shape index (κ3) is 8.47. The van der Waals surface area contributed by atoms with Crippen LogP contribution >= 0.6 is 0 Å². The van der Waals surface area contributed by atoms with E-state index in [1.165, 1.54) is 4.90 Å². The average Bonchev–Trinajstić information content (AvgIpc) is 2.93. The molecule has 0 saturated heterocycles. The molecule has 1 atom stereocenters. The minimum absolute atomic E-state index is 0.116. The number of hydrogen-bond donors (Lipinski definition) is 1. The van der Waals surface area contributed by atoms with E-state index in [1.54, 1.807) is 69.5 Å². The Balaban J connectivity index is 1.80. The first-order valence-corrected chi connectivity index (χ1v) is 14.4. The summed E-state index contributed by atoms with van der Waals surface area (Å²) in [7, 11) is -2.27. The number of sulfonamides is 1. The number of nitrogens with zero attached hydrogens (tertiary/aromatic N) is 2. The summed E-state index contributed by atoms with van der Waals surface area (Å²) in [5.41, 5.74) is 2.09. The Bertz CT molecular complexity index is 1330. The van der Waals surface area contributed by atoms with Gasteiger partial charge in [0.25, 0.3) is 0 Å². The molecule has 39 heavy (non-hydrogen) atoms. The molecule has 9 nitrogen and oxygen atoms in total. The van der Waals surface area contributed by atoms with Crippen LogP contribution in [0.25, 0.3) is 0 Å². The van der Waals surface area contributed by atoms with E-state index in [9.17, 15) is 18.0 Å². The smallest absolute Gasteiger partial charge is 0.244 e. The Labute approximate surface area is 230 Å². The van der Waals surface area contributed by atoms with Crippen LogP contribution in [-0.2, 0) is 32.8 Å². The molecule has 1 N–H and O–H groups in total. The van der Waals surface area contributed by atoms with Crippen LogP contribution in [0, 0.1) is 0 Å². The number of likely N-dealkylation sites (N-methyl/N-ethyl adjacent to an activating group) is 1. The van der Waals surface area contributed by atoms with E-state index in [0.717, 1.165) is 21.7 Å². The molecular formula is C29H35N3O6S. The molecule has 0 radical (unpaired) electrons. The second-order valence-electron chi connectivity index (χ2n) is 8.98. The average molecular weight is 554 g/mol. The summed E-state index contributed by atoms with van der Waals surface area (Å²) in [5.74, 6) is 0.380. The molecule has 0 aliphatic carbocycles. The highest BCUT2D eigenvalue weighted by Crippen LogP contribution is 2.23. The lowest BCUT2D eigenvalue weighted by atomic mass is 10.1. The molecule has 3 aromatic carbocycles. The molecule has 0 aromatic heterocycles. The zero-order chi connectivity index (χ0) is 28.4. The minimum Gasteiger partial charge on any atom is -0.497 e. The van der Waals surface area contributed by atoms with Crippen molar-refractivity contribution in [3.63, 3.8) is 0 Å². The van der Waals surface area contributed by atoms with Crippen molar-refractivity contribution in [1.82, 2.24) is 10.2 Å². The number of carbonyl (C=O) groups is 2. The third-order valence-electron chi connectivity index (χ3n) is 6.08. The molecule has 0 bridgehead atoms. The maximum Gasteiger partial charge on any atom is 0.244 e. The predicted molar refractivity (Wildman–Crippen MR) is 151 cm³/mol. The monoisotopic (exact) mass is 553 g/mol. The number of anilines is 1. The van der Waals surface area contributed by atoms with Crippen LogP contribution in [0.15, 0.2) is 78.9 Å². The van der Waals surface area contributed by atoms with Crippen molar-refractivity contribution in [1.29, 1.82) is 0 Å². The van der Waals surface area contributed by atoms with E-state index >= 15 is 0 Å². The zero-order valence-electron chi connectivity index (χ0n) is 22.7. The van der Waals surface area contributed by atoms with E-state index in [4.69, 9.17) is 9.47 Å². The Kier molecular flexibility index (Phi) is 10.3. The van der Waals surface area contributed by atoms with Crippen LogP contribution in [0.3, 0.4) is 0 Å². The Hall–Kier alpha value is -4.05. The first-order chi connectivity index (χ1) is 18.6. The van der Waals surface area contributed by atoms with Gasteiger partial charge in [0.1, 0.15) is 30.7 Å². The number of benzene rings is 3. The van der Waals surface area contributed by atoms with E-state index in [0.29, 0.717) is 30.3 Å². The summed E-state index contributed by atoms with van der Waals surface area (Å²) in [6.45, 7) is 3.83. The van der Waals surface area contributed by atoms with E-state index in [-0.39, 0.29) is 12.5 Å². The standard InChI is InChI=1S/C29H35N3O6S/c1-5-30-29(34)22(2)31(19-23-11-15-26(37-3)16-12-23)28(33)20-32(39(4,35)36)25-13-17-27(18-14-25)38-21-24-9-7-6-8-10-24/h6-18,22H,5,19-21H2,1-4H3,(H,30,34). The molecule has 2 amide bonds. The maximum absolute atomic E-state index is 13.6. The Morgan fingerprint density at radius 1 is 0.897 bits per heavy atom. The Morgan fingerprint density at radius 2 is 1.51 bits per heavy atom. The van der Waals surface area contributed by atoms with Crippen molar-refractivity contribution in [2.45, 2.75) is 33.0 Å². The summed E-state index contributed by atoms with van der Waals surface area (Å²) in [4.78, 5) is 27.6. The summed E-state index contributed by atoms with van der Waals surface area (Å²) < 4.78 is 37.5. The van der Waals surface area contributed by atoms with E-state index < -0.39 is 28.5 Å². The number of amides is 2. The fourth-order valence-corrected chi connectivity index (χ4v) is 4.75. The number of hydrogen-bond acceptors (Lipinski definition) is 6. The van der Waals surface area contributed by atoms with Crippen molar-refractivity contribution in [3.8, 4) is 11.5 Å². The SMILES string of the molecule is CCNC(=O)C(C)N(Cc1ccc(OC)cc1)C(=O)CN(c1ccc(OCc2ccccc2)cc1)S(C)(=O)=O. The van der Waals surface area contributed by atoms with Crippen LogP contribution in [-0.4, -0.2) is 57.6 Å². The molecule has 3 aromatic rings. The van der Waals surface area contributed by atoms with Gasteiger partial charge in [0.2, 0.25) is 21.8 Å². The van der Waals surface area contributed by atoms with Crippen LogP contribution in [0.1, 0.15) is 25.0 Å². The summed E-state index contributed by atoms with van der Waals surface area (Å²) >= 11 is 0. The molecule has 3 rings (SSSR count). The van der Waals surface area contributed by atoms with Gasteiger partial charge in [-0.05, 0) is 61.4 Å². The quantitative estimate of drug-likeness (QED) is 0.347. The summed E-state index contributed by atoms with van der Waals surface area (Å²) in [5, 5.41) is 2.73. The van der Waals surface area contributed by atoms with Crippen LogP contribution in [0.4, 0.5) is 5.69 Å². The van der Waals surface area contributed by atoms with Crippen molar-refractivity contribution in [3.05, 3.63) is 90.0 Å². The third-order valence-corrected chi connectivity index (χ3v) is 7.22. The van der Waals surface area contributed by atoms with Gasteiger partial charge in [-0.1, -0.05) is 42.5 Å². The lowest BCUT2D eigenvalue weighted by Gasteiger charge is -2.31. The maximum atomic E-state index is 13.6. The molecule has 0 aliphatic rings. The molecule has 0 aliphatic heterocycles. The number of ether oxygens (including phenoxy) is 2. The van der Waals surface area contributed by atoms with Gasteiger partial charge >= 0.3 is 0 Å². The summed E-state index contributed by atoms with van der Waals surface area (Å²) in [6.07, 6.45) is 1.04. The highest BCUT2D eigenvalue weighted by Gasteiger charge is 2.30. The molecular weight excluding hydrogens is 518 g/mol. The van der Waals surface area contributed by atoms with Crippen molar-refractivity contribution < 1.29 is 27.5 Å². The van der Waals surface area contributed by atoms with Crippen LogP contribution < -0.4 is 19.1 Å². The Morgan fingerprint density at radius 3 is 2.08 bits per heavy atom. The molecule has 208 valence electrons. The highest BCUT2D eigenvalue weighted by molar-refractivity contribution is 7.92. The number of rotatable bonds is 13. The van der Waals surface area contributed by atoms with Gasteiger partial charge in [0.05, 0.1) is 19.1 Å². The lowest BCUT2D eigenvalue weighted by Crippen LogP contribution is -2.51. The molecule has 0 fully saturated rings. The van der Waals surface area contributed by atoms with Gasteiger partial charge in [0, 0.05) is 13.1 Å². The zero-order valence-corrected chi connectivity index (χ0v) is 23.5. The van der Waals surface area contributed by atoms with E-state index in [1.807, 2.05) is 30.3 Å². The van der Waals surface area contributed by atoms with Crippen molar-refractivity contribution >= 4 is 27.5 Å². The normalized spacial score (nSPS) is 11.8. The molecule has 10 heteroatoms. The fourth-order valence-electron chi connectivity index (χ4n) is 3.90. The van der Waals surface area contributed by atoms with Crippen molar-refractivity contribution in [2.24, 2.45) is 0 Å². The number of carbonyl (C=O) groups excluding carboxylic acids is 2. The van der Waals surface area contributed by atoms with Gasteiger partial charge < -0.3 is 19.7 Å². The number of methoxy groups -OCH3 is 1. The van der Waals surface area contributed by atoms with Crippen molar-refractivity contribution in [2.75, 3.05) is 30.8 Å². The first-order valence-electron chi connectivity index (χ1n) is 12.6. The first kappa shape index (κ1) is 29.5. The molecule has 0 spiro atoms. The molecule has 0 heterocycles. The van der Waals surface area contributed by atoms with Gasteiger partial charge in [-0.15, -0.1) is 0 Å².